The number of carbonyl (C=O) groups excluding carboxylic acids is 1. The lowest BCUT2D eigenvalue weighted by atomic mass is 10.1. The molecule has 31 heavy (non-hydrogen) atoms. The van der Waals surface area contributed by atoms with E-state index in [0.29, 0.717) is 23.0 Å². The number of rotatable bonds is 9. The molecule has 0 fully saturated rings. The molecule has 0 radical (unpaired) electrons. The van der Waals surface area contributed by atoms with Gasteiger partial charge in [-0.25, -0.2) is 4.98 Å². The Balaban J connectivity index is 1.97. The summed E-state index contributed by atoms with van der Waals surface area (Å²) < 4.78 is 21.6. The summed E-state index contributed by atoms with van der Waals surface area (Å²) in [5.74, 6) is 2.33. The largest absolute Gasteiger partial charge is 0.497 e. The summed E-state index contributed by atoms with van der Waals surface area (Å²) >= 11 is 0. The van der Waals surface area contributed by atoms with E-state index in [1.54, 1.807) is 45.5 Å². The molecule has 1 heterocycles. The van der Waals surface area contributed by atoms with Crippen LogP contribution in [0.2, 0.25) is 0 Å². The molecule has 0 unspecified atom stereocenters. The molecule has 0 atom stereocenters. The molecule has 162 valence electrons. The van der Waals surface area contributed by atoms with Crippen molar-refractivity contribution in [1.82, 2.24) is 14.9 Å². The van der Waals surface area contributed by atoms with Gasteiger partial charge in [0.2, 0.25) is 0 Å². The van der Waals surface area contributed by atoms with Crippen molar-refractivity contribution in [2.75, 3.05) is 28.4 Å². The lowest BCUT2D eigenvalue weighted by Gasteiger charge is -2.24. The van der Waals surface area contributed by atoms with E-state index in [4.69, 9.17) is 18.9 Å². The molecular formula is C23H25N3O5. The molecule has 0 aliphatic heterocycles. The number of carbonyl (C=O) groups is 1. The minimum atomic E-state index is -0.260. The molecule has 1 aromatic heterocycles. The van der Waals surface area contributed by atoms with Crippen molar-refractivity contribution in [3.8, 4) is 23.0 Å². The van der Waals surface area contributed by atoms with Crippen LogP contribution in [0.5, 0.6) is 23.0 Å². The summed E-state index contributed by atoms with van der Waals surface area (Å²) in [5, 5.41) is 0. The van der Waals surface area contributed by atoms with Crippen LogP contribution in [0.1, 0.15) is 21.6 Å². The first-order valence-corrected chi connectivity index (χ1v) is 9.56. The molecule has 0 saturated carbocycles. The fourth-order valence-corrected chi connectivity index (χ4v) is 3.15. The molecule has 8 nitrogen and oxygen atoms in total. The van der Waals surface area contributed by atoms with Crippen molar-refractivity contribution >= 4 is 5.91 Å². The zero-order valence-electron chi connectivity index (χ0n) is 18.0. The second-order valence-electron chi connectivity index (χ2n) is 6.61. The molecule has 0 aliphatic carbocycles. The van der Waals surface area contributed by atoms with Crippen molar-refractivity contribution < 1.29 is 23.7 Å². The number of hydrogen-bond acceptors (Lipinski definition) is 7. The predicted molar refractivity (Wildman–Crippen MR) is 115 cm³/mol. The third-order valence-electron chi connectivity index (χ3n) is 4.78. The summed E-state index contributed by atoms with van der Waals surface area (Å²) in [6.45, 7) is 0.579. The topological polar surface area (TPSA) is 83.0 Å². The molecule has 3 rings (SSSR count). The van der Waals surface area contributed by atoms with Gasteiger partial charge in [0.05, 0.1) is 47.7 Å². The maximum absolute atomic E-state index is 13.3. The Morgan fingerprint density at radius 2 is 1.35 bits per heavy atom. The number of nitrogens with zero attached hydrogens (tertiary/aromatic N) is 3. The first-order chi connectivity index (χ1) is 15.1. The molecule has 0 bridgehead atoms. The Hall–Kier alpha value is -3.81. The van der Waals surface area contributed by atoms with E-state index < -0.39 is 0 Å². The van der Waals surface area contributed by atoms with Crippen LogP contribution < -0.4 is 18.9 Å². The van der Waals surface area contributed by atoms with E-state index in [1.807, 2.05) is 24.3 Å². The Morgan fingerprint density at radius 3 is 1.77 bits per heavy atom. The molecule has 0 spiro atoms. The summed E-state index contributed by atoms with van der Waals surface area (Å²) in [4.78, 5) is 23.1. The van der Waals surface area contributed by atoms with Crippen molar-refractivity contribution in [1.29, 1.82) is 0 Å². The SMILES string of the molecule is COc1ccc(CN(Cc2ccc(OC)cc2OC)C(=O)c2cnccn2)c(OC)c1. The third kappa shape index (κ3) is 5.22. The highest BCUT2D eigenvalue weighted by Gasteiger charge is 2.21. The standard InChI is InChI=1S/C23H25N3O5/c1-28-18-7-5-16(21(11-18)30-3)14-26(23(27)20-13-24-9-10-25-20)15-17-6-8-19(29-2)12-22(17)31-4/h5-13H,14-15H2,1-4H3. The average Bonchev–Trinajstić information content (AvgIpc) is 2.83. The highest BCUT2D eigenvalue weighted by molar-refractivity contribution is 5.92. The van der Waals surface area contributed by atoms with Gasteiger partial charge < -0.3 is 23.8 Å². The molecule has 0 aliphatic rings. The number of aromatic nitrogens is 2. The Kier molecular flexibility index (Phi) is 7.26. The molecule has 1 amide bonds. The second kappa shape index (κ2) is 10.3. The first-order valence-electron chi connectivity index (χ1n) is 9.56. The van der Waals surface area contributed by atoms with Crippen LogP contribution in [0, 0.1) is 0 Å². The maximum atomic E-state index is 13.3. The smallest absolute Gasteiger partial charge is 0.274 e. The molecule has 0 N–H and O–H groups in total. The van der Waals surface area contributed by atoms with Crippen LogP contribution in [0.3, 0.4) is 0 Å². The van der Waals surface area contributed by atoms with Gasteiger partial charge in [-0.3, -0.25) is 9.78 Å². The lowest BCUT2D eigenvalue weighted by molar-refractivity contribution is 0.0721. The van der Waals surface area contributed by atoms with Gasteiger partial charge in [0.1, 0.15) is 28.7 Å². The minimum Gasteiger partial charge on any atom is -0.497 e. The molecule has 8 heteroatoms. The zero-order chi connectivity index (χ0) is 22.2. The van der Waals surface area contributed by atoms with Gasteiger partial charge in [0.15, 0.2) is 0 Å². The molecule has 0 saturated heterocycles. The van der Waals surface area contributed by atoms with Gasteiger partial charge in [-0.2, -0.15) is 0 Å². The van der Waals surface area contributed by atoms with Crippen LogP contribution in [-0.2, 0) is 13.1 Å². The van der Waals surface area contributed by atoms with Crippen LogP contribution in [-0.4, -0.2) is 49.2 Å². The van der Waals surface area contributed by atoms with Gasteiger partial charge in [-0.1, -0.05) is 0 Å². The molecule has 2 aromatic carbocycles. The minimum absolute atomic E-state index is 0.252. The van der Waals surface area contributed by atoms with Gasteiger partial charge in [0.25, 0.3) is 5.91 Å². The quantitative estimate of drug-likeness (QED) is 0.522. The third-order valence-corrected chi connectivity index (χ3v) is 4.78. The molecule has 3 aromatic rings. The van der Waals surface area contributed by atoms with Gasteiger partial charge in [-0.15, -0.1) is 0 Å². The fourth-order valence-electron chi connectivity index (χ4n) is 3.15. The Bertz CT molecular complexity index is 969. The lowest BCUT2D eigenvalue weighted by Crippen LogP contribution is -2.31. The average molecular weight is 423 g/mol. The van der Waals surface area contributed by atoms with Crippen molar-refractivity contribution in [2.45, 2.75) is 13.1 Å². The van der Waals surface area contributed by atoms with E-state index in [9.17, 15) is 4.79 Å². The van der Waals surface area contributed by atoms with Crippen LogP contribution in [0.4, 0.5) is 0 Å². The Labute approximate surface area is 181 Å². The predicted octanol–water partition coefficient (Wildman–Crippen LogP) is 3.35. The highest BCUT2D eigenvalue weighted by Crippen LogP contribution is 2.29. The number of methoxy groups -OCH3 is 4. The molecular weight excluding hydrogens is 398 g/mol. The zero-order valence-corrected chi connectivity index (χ0v) is 18.0. The van der Waals surface area contributed by atoms with Gasteiger partial charge >= 0.3 is 0 Å². The van der Waals surface area contributed by atoms with Crippen LogP contribution in [0.25, 0.3) is 0 Å². The summed E-state index contributed by atoms with van der Waals surface area (Å²) in [5.41, 5.74) is 1.91. The Morgan fingerprint density at radius 1 is 0.806 bits per heavy atom. The van der Waals surface area contributed by atoms with Gasteiger partial charge in [-0.05, 0) is 24.3 Å². The summed E-state index contributed by atoms with van der Waals surface area (Å²) in [7, 11) is 6.35. The van der Waals surface area contributed by atoms with Crippen molar-refractivity contribution in [2.24, 2.45) is 0 Å². The monoisotopic (exact) mass is 423 g/mol. The number of benzene rings is 2. The van der Waals surface area contributed by atoms with E-state index in [1.165, 1.54) is 18.6 Å². The normalized spacial score (nSPS) is 10.3. The fraction of sp³-hybridized carbons (Fsp3) is 0.261. The number of amides is 1. The number of ether oxygens (including phenoxy) is 4. The summed E-state index contributed by atoms with van der Waals surface area (Å²) in [6.07, 6.45) is 4.47. The van der Waals surface area contributed by atoms with Crippen LogP contribution in [0.15, 0.2) is 55.0 Å². The highest BCUT2D eigenvalue weighted by atomic mass is 16.5. The first kappa shape index (κ1) is 21.9. The van der Waals surface area contributed by atoms with E-state index in [0.717, 1.165) is 11.1 Å². The second-order valence-corrected chi connectivity index (χ2v) is 6.61. The van der Waals surface area contributed by atoms with Crippen molar-refractivity contribution in [3.05, 3.63) is 71.8 Å². The van der Waals surface area contributed by atoms with Gasteiger partial charge in [0, 0.05) is 35.7 Å². The maximum Gasteiger partial charge on any atom is 0.274 e. The van der Waals surface area contributed by atoms with E-state index in [2.05, 4.69) is 9.97 Å². The summed E-state index contributed by atoms with van der Waals surface area (Å²) in [6, 6.07) is 11.0. The van der Waals surface area contributed by atoms with Crippen molar-refractivity contribution in [3.63, 3.8) is 0 Å². The van der Waals surface area contributed by atoms with Crippen LogP contribution >= 0.6 is 0 Å². The van der Waals surface area contributed by atoms with E-state index in [-0.39, 0.29) is 24.7 Å². The van der Waals surface area contributed by atoms with E-state index >= 15 is 0 Å². The number of hydrogen-bond donors (Lipinski definition) is 0.